The first-order valence-electron chi connectivity index (χ1n) is 8.08. The lowest BCUT2D eigenvalue weighted by molar-refractivity contribution is 0.0738. The van der Waals surface area contributed by atoms with Gasteiger partial charge in [-0.1, -0.05) is 18.2 Å². The highest BCUT2D eigenvalue weighted by Crippen LogP contribution is 2.28. The number of benzene rings is 1. The summed E-state index contributed by atoms with van der Waals surface area (Å²) in [7, 11) is -3.16. The van der Waals surface area contributed by atoms with Crippen LogP contribution in [0.1, 0.15) is 31.7 Å². The van der Waals surface area contributed by atoms with E-state index in [-0.39, 0.29) is 11.9 Å². The highest BCUT2D eigenvalue weighted by atomic mass is 32.2. The zero-order valence-corrected chi connectivity index (χ0v) is 14.7. The molecule has 23 heavy (non-hydrogen) atoms. The number of hydrogen-bond donors (Lipinski definition) is 1. The molecule has 1 aliphatic heterocycles. The molecule has 1 fully saturated rings. The average molecular weight is 343 g/mol. The predicted molar refractivity (Wildman–Crippen MR) is 89.8 cm³/mol. The van der Waals surface area contributed by atoms with Crippen LogP contribution in [0.25, 0.3) is 0 Å². The van der Waals surface area contributed by atoms with Crippen molar-refractivity contribution in [2.24, 2.45) is 0 Å². The monoisotopic (exact) mass is 343 g/mol. The van der Waals surface area contributed by atoms with Gasteiger partial charge in [0.2, 0.25) is 0 Å². The van der Waals surface area contributed by atoms with Crippen LogP contribution in [-0.2, 0) is 21.0 Å². The molecule has 0 unspecified atom stereocenters. The third-order valence-electron chi connectivity index (χ3n) is 4.77. The minimum absolute atomic E-state index is 0.121. The lowest BCUT2D eigenvalue weighted by atomic mass is 9.98. The molecule has 0 saturated carbocycles. The van der Waals surface area contributed by atoms with Gasteiger partial charge in [0, 0.05) is 32.1 Å². The van der Waals surface area contributed by atoms with Gasteiger partial charge in [-0.3, -0.25) is 0 Å². The van der Waals surface area contributed by atoms with Crippen molar-refractivity contribution < 1.29 is 17.5 Å². The largest absolute Gasteiger partial charge is 0.381 e. The highest BCUT2D eigenvalue weighted by molar-refractivity contribution is 7.92. The molecular weight excluding hydrogens is 317 g/mol. The van der Waals surface area contributed by atoms with Gasteiger partial charge in [0.15, 0.2) is 9.84 Å². The molecule has 1 heterocycles. The van der Waals surface area contributed by atoms with Crippen LogP contribution < -0.4 is 5.32 Å². The van der Waals surface area contributed by atoms with E-state index in [1.165, 1.54) is 12.3 Å². The second-order valence-corrected chi connectivity index (χ2v) is 8.89. The van der Waals surface area contributed by atoms with E-state index in [1.54, 1.807) is 12.1 Å². The Hall–Kier alpha value is -0.980. The quantitative estimate of drug-likeness (QED) is 0.826. The molecule has 1 aromatic rings. The molecule has 0 spiro atoms. The van der Waals surface area contributed by atoms with Crippen LogP contribution in [0, 0.1) is 5.82 Å². The smallest absolute Gasteiger partial charge is 0.154 e. The fraction of sp³-hybridized carbons (Fsp3) is 0.647. The van der Waals surface area contributed by atoms with Crippen LogP contribution in [0.4, 0.5) is 4.39 Å². The number of halogens is 1. The molecule has 1 atom stereocenters. The Morgan fingerprint density at radius 3 is 2.57 bits per heavy atom. The van der Waals surface area contributed by atoms with Gasteiger partial charge in [0.1, 0.15) is 5.82 Å². The van der Waals surface area contributed by atoms with Gasteiger partial charge < -0.3 is 10.1 Å². The number of nitrogens with one attached hydrogen (secondary N) is 1. The number of ether oxygens (including phenoxy) is 1. The standard InChI is InChI=1S/C17H26FNO3S/c1-14(7-8-15-5-3-4-6-16(15)18)19-13-17(23(2,20)21)9-11-22-12-10-17/h3-6,14,19H,7-13H2,1-2H3/t14-/m1/s1. The molecule has 0 radical (unpaired) electrons. The van der Waals surface area contributed by atoms with Gasteiger partial charge in [-0.2, -0.15) is 0 Å². The summed E-state index contributed by atoms with van der Waals surface area (Å²) in [5.74, 6) is -0.184. The van der Waals surface area contributed by atoms with Crippen molar-refractivity contribution in [3.8, 4) is 0 Å². The molecule has 6 heteroatoms. The van der Waals surface area contributed by atoms with Gasteiger partial charge in [-0.25, -0.2) is 12.8 Å². The summed E-state index contributed by atoms with van der Waals surface area (Å²) >= 11 is 0. The van der Waals surface area contributed by atoms with Gasteiger partial charge in [-0.05, 0) is 44.2 Å². The topological polar surface area (TPSA) is 55.4 Å². The zero-order chi connectivity index (χ0) is 16.9. The maximum atomic E-state index is 13.6. The van der Waals surface area contributed by atoms with Crippen LogP contribution in [0.2, 0.25) is 0 Å². The van der Waals surface area contributed by atoms with Crippen LogP contribution in [0.5, 0.6) is 0 Å². The van der Waals surface area contributed by atoms with Gasteiger partial charge >= 0.3 is 0 Å². The number of hydrogen-bond acceptors (Lipinski definition) is 4. The van der Waals surface area contributed by atoms with Gasteiger partial charge in [0.25, 0.3) is 0 Å². The van der Waals surface area contributed by atoms with Crippen LogP contribution in [-0.4, -0.2) is 45.2 Å². The summed E-state index contributed by atoms with van der Waals surface area (Å²) in [5.41, 5.74) is 0.699. The Bertz CT molecular complexity index is 612. The third-order valence-corrected chi connectivity index (χ3v) is 6.89. The molecule has 0 aromatic heterocycles. The van der Waals surface area contributed by atoms with Crippen molar-refractivity contribution in [1.82, 2.24) is 5.32 Å². The molecule has 1 aliphatic rings. The molecule has 1 N–H and O–H groups in total. The Labute approximate surface area is 138 Å². The highest BCUT2D eigenvalue weighted by Gasteiger charge is 2.42. The van der Waals surface area contributed by atoms with E-state index in [2.05, 4.69) is 5.32 Å². The molecule has 1 aromatic carbocycles. The van der Waals surface area contributed by atoms with E-state index in [4.69, 9.17) is 4.74 Å². The Morgan fingerprint density at radius 1 is 1.30 bits per heavy atom. The molecule has 0 bridgehead atoms. The first kappa shape index (κ1) is 18.4. The summed E-state index contributed by atoms with van der Waals surface area (Å²) in [5, 5.41) is 3.33. The van der Waals surface area contributed by atoms with E-state index in [1.807, 2.05) is 13.0 Å². The SMILES string of the molecule is C[C@H](CCc1ccccc1F)NCC1(S(C)(=O)=O)CCOCC1. The van der Waals surface area contributed by atoms with E-state index in [0.717, 1.165) is 6.42 Å². The van der Waals surface area contributed by atoms with Crippen molar-refractivity contribution in [2.45, 2.75) is 43.4 Å². The second-order valence-electron chi connectivity index (χ2n) is 6.48. The number of aryl methyl sites for hydroxylation is 1. The summed E-state index contributed by atoms with van der Waals surface area (Å²) < 4.78 is 42.6. The van der Waals surface area contributed by atoms with Crippen molar-refractivity contribution in [1.29, 1.82) is 0 Å². The zero-order valence-electron chi connectivity index (χ0n) is 13.8. The second kappa shape index (κ2) is 7.73. The van der Waals surface area contributed by atoms with E-state index in [9.17, 15) is 12.8 Å². The Balaban J connectivity index is 1.89. The molecule has 4 nitrogen and oxygen atoms in total. The molecule has 130 valence electrons. The summed E-state index contributed by atoms with van der Waals surface area (Å²) in [6.07, 6.45) is 3.76. The van der Waals surface area contributed by atoms with Gasteiger partial charge in [-0.15, -0.1) is 0 Å². The molecule has 0 amide bonds. The maximum Gasteiger partial charge on any atom is 0.154 e. The van der Waals surface area contributed by atoms with Crippen molar-refractivity contribution in [3.05, 3.63) is 35.6 Å². The van der Waals surface area contributed by atoms with Crippen LogP contribution in [0.3, 0.4) is 0 Å². The minimum Gasteiger partial charge on any atom is -0.381 e. The molecule has 2 rings (SSSR count). The first-order chi connectivity index (χ1) is 10.8. The third kappa shape index (κ3) is 4.75. The van der Waals surface area contributed by atoms with E-state index >= 15 is 0 Å². The Kier molecular flexibility index (Phi) is 6.17. The summed E-state index contributed by atoms with van der Waals surface area (Å²) in [6, 6.07) is 6.89. The van der Waals surface area contributed by atoms with Crippen LogP contribution >= 0.6 is 0 Å². The predicted octanol–water partition coefficient (Wildman–Crippen LogP) is 2.33. The van der Waals surface area contributed by atoms with Gasteiger partial charge in [0.05, 0.1) is 4.75 Å². The number of sulfone groups is 1. The maximum absolute atomic E-state index is 13.6. The van der Waals surface area contributed by atoms with Crippen LogP contribution in [0.15, 0.2) is 24.3 Å². The van der Waals surface area contributed by atoms with Crippen molar-refractivity contribution >= 4 is 9.84 Å². The Morgan fingerprint density at radius 2 is 1.96 bits per heavy atom. The van der Waals surface area contributed by atoms with Crippen molar-refractivity contribution in [3.63, 3.8) is 0 Å². The number of rotatable bonds is 7. The fourth-order valence-electron chi connectivity index (χ4n) is 2.96. The lowest BCUT2D eigenvalue weighted by Gasteiger charge is -2.36. The molecule has 0 aliphatic carbocycles. The minimum atomic E-state index is -3.16. The first-order valence-corrected chi connectivity index (χ1v) is 9.97. The fourth-order valence-corrected chi connectivity index (χ4v) is 4.21. The normalized spacial score (nSPS) is 19.4. The molecular formula is C17H26FNO3S. The summed E-state index contributed by atoms with van der Waals surface area (Å²) in [6.45, 7) is 3.40. The average Bonchev–Trinajstić information content (AvgIpc) is 2.52. The molecule has 1 saturated heterocycles. The lowest BCUT2D eigenvalue weighted by Crippen LogP contribution is -2.52. The van der Waals surface area contributed by atoms with E-state index < -0.39 is 14.6 Å². The summed E-state index contributed by atoms with van der Waals surface area (Å²) in [4.78, 5) is 0. The van der Waals surface area contributed by atoms with Crippen molar-refractivity contribution in [2.75, 3.05) is 26.0 Å². The van der Waals surface area contributed by atoms with E-state index in [0.29, 0.717) is 44.6 Å².